The van der Waals surface area contributed by atoms with E-state index in [1.165, 1.54) is 6.33 Å². The number of ketones is 2. The molecule has 78 valence electrons. The smallest absolute Gasteiger partial charge is 0.194 e. The van der Waals surface area contributed by atoms with Crippen LogP contribution in [0.5, 0.6) is 0 Å². The Morgan fingerprint density at radius 3 is 2.19 bits per heavy atom. The van der Waals surface area contributed by atoms with Gasteiger partial charge in [-0.25, -0.2) is 4.98 Å². The lowest BCUT2D eigenvalue weighted by Crippen LogP contribution is -2.19. The summed E-state index contributed by atoms with van der Waals surface area (Å²) in [5.41, 5.74) is 1.01. The van der Waals surface area contributed by atoms with Gasteiger partial charge in [0.05, 0.1) is 6.33 Å². The molecule has 0 aliphatic heterocycles. The van der Waals surface area contributed by atoms with Crippen LogP contribution in [0.3, 0.4) is 0 Å². The number of imidazole rings is 1. The molecule has 1 aromatic heterocycles. The summed E-state index contributed by atoms with van der Waals surface area (Å²) in [6.07, 6.45) is 4.68. The predicted octanol–water partition coefficient (Wildman–Crippen LogP) is 1.50. The van der Waals surface area contributed by atoms with Crippen molar-refractivity contribution in [2.45, 2.75) is 6.04 Å². The van der Waals surface area contributed by atoms with Crippen molar-refractivity contribution in [3.8, 4) is 0 Å². The molecule has 0 amide bonds. The fraction of sp³-hybridized carbons (Fsp3) is 0.0833. The summed E-state index contributed by atoms with van der Waals surface area (Å²) >= 11 is 0. The maximum atomic E-state index is 12.0. The summed E-state index contributed by atoms with van der Waals surface area (Å²) in [4.78, 5) is 27.9. The molecule has 1 heterocycles. The van der Waals surface area contributed by atoms with Crippen molar-refractivity contribution in [3.05, 3.63) is 54.1 Å². The molecular formula is C12H8N2O2. The first-order valence-electron chi connectivity index (χ1n) is 4.94. The largest absolute Gasteiger partial charge is 0.319 e. The van der Waals surface area contributed by atoms with Crippen LogP contribution in [0.25, 0.3) is 0 Å². The zero-order chi connectivity index (χ0) is 11.1. The molecule has 4 nitrogen and oxygen atoms in total. The maximum absolute atomic E-state index is 12.0. The van der Waals surface area contributed by atoms with Crippen LogP contribution in [0.1, 0.15) is 26.8 Å². The van der Waals surface area contributed by atoms with Crippen LogP contribution in [-0.2, 0) is 0 Å². The highest BCUT2D eigenvalue weighted by Gasteiger charge is 2.39. The van der Waals surface area contributed by atoms with Gasteiger partial charge in [0.1, 0.15) is 0 Å². The van der Waals surface area contributed by atoms with Crippen molar-refractivity contribution < 1.29 is 9.59 Å². The van der Waals surface area contributed by atoms with E-state index in [0.29, 0.717) is 11.1 Å². The Bertz CT molecular complexity index is 537. The minimum Gasteiger partial charge on any atom is -0.319 e. The number of fused-ring (bicyclic) bond motifs is 1. The SMILES string of the molecule is O=C1c2ccccc2C(=O)C1n1ccnc1. The summed E-state index contributed by atoms with van der Waals surface area (Å²) < 4.78 is 1.55. The van der Waals surface area contributed by atoms with Crippen LogP contribution in [0.4, 0.5) is 0 Å². The van der Waals surface area contributed by atoms with Crippen LogP contribution < -0.4 is 0 Å². The van der Waals surface area contributed by atoms with Gasteiger partial charge in [0.2, 0.25) is 0 Å². The Kier molecular flexibility index (Phi) is 1.77. The number of carbonyl (C=O) groups is 2. The molecule has 0 atom stereocenters. The number of hydrogen-bond donors (Lipinski definition) is 0. The number of rotatable bonds is 1. The van der Waals surface area contributed by atoms with E-state index in [9.17, 15) is 9.59 Å². The van der Waals surface area contributed by atoms with E-state index in [0.717, 1.165) is 0 Å². The van der Waals surface area contributed by atoms with E-state index in [1.807, 2.05) is 0 Å². The third kappa shape index (κ3) is 1.07. The summed E-state index contributed by atoms with van der Waals surface area (Å²) in [6, 6.07) is 6.14. The van der Waals surface area contributed by atoms with Crippen molar-refractivity contribution in [1.82, 2.24) is 9.55 Å². The van der Waals surface area contributed by atoms with Crippen LogP contribution >= 0.6 is 0 Å². The lowest BCUT2D eigenvalue weighted by Gasteiger charge is -2.06. The van der Waals surface area contributed by atoms with E-state index in [2.05, 4.69) is 4.98 Å². The van der Waals surface area contributed by atoms with Crippen molar-refractivity contribution >= 4 is 11.6 Å². The number of carbonyl (C=O) groups excluding carboxylic acids is 2. The second-order valence-corrected chi connectivity index (χ2v) is 3.69. The third-order valence-corrected chi connectivity index (χ3v) is 2.78. The average Bonchev–Trinajstić information content (AvgIpc) is 2.89. The number of hydrogen-bond acceptors (Lipinski definition) is 3. The van der Waals surface area contributed by atoms with Crippen molar-refractivity contribution in [1.29, 1.82) is 0 Å². The van der Waals surface area contributed by atoms with Crippen LogP contribution in [-0.4, -0.2) is 21.1 Å². The molecule has 2 aromatic rings. The van der Waals surface area contributed by atoms with Gasteiger partial charge < -0.3 is 4.57 Å². The van der Waals surface area contributed by atoms with E-state index >= 15 is 0 Å². The van der Waals surface area contributed by atoms with Gasteiger partial charge in [-0.1, -0.05) is 24.3 Å². The molecule has 1 aliphatic rings. The van der Waals surface area contributed by atoms with Crippen LogP contribution in [0.2, 0.25) is 0 Å². The molecule has 1 aliphatic carbocycles. The molecule has 1 aromatic carbocycles. The highest BCUT2D eigenvalue weighted by molar-refractivity contribution is 6.27. The maximum Gasteiger partial charge on any atom is 0.194 e. The molecule has 0 saturated carbocycles. The Morgan fingerprint density at radius 2 is 1.69 bits per heavy atom. The molecule has 0 spiro atoms. The molecule has 0 fully saturated rings. The lowest BCUT2D eigenvalue weighted by atomic mass is 10.1. The minimum absolute atomic E-state index is 0.154. The first-order valence-corrected chi connectivity index (χ1v) is 4.94. The number of aromatic nitrogens is 2. The van der Waals surface area contributed by atoms with Gasteiger partial charge in [0.15, 0.2) is 17.6 Å². The fourth-order valence-corrected chi connectivity index (χ4v) is 2.02. The highest BCUT2D eigenvalue weighted by Crippen LogP contribution is 2.29. The molecule has 0 N–H and O–H groups in total. The molecule has 0 radical (unpaired) electrons. The molecule has 4 heteroatoms. The lowest BCUT2D eigenvalue weighted by molar-refractivity contribution is 0.0846. The Balaban J connectivity index is 2.15. The summed E-state index contributed by atoms with van der Waals surface area (Å²) in [5, 5.41) is 0. The van der Waals surface area contributed by atoms with Gasteiger partial charge in [-0.15, -0.1) is 0 Å². The first kappa shape index (κ1) is 9.03. The van der Waals surface area contributed by atoms with Crippen molar-refractivity contribution in [3.63, 3.8) is 0 Å². The number of benzene rings is 1. The fourth-order valence-electron chi connectivity index (χ4n) is 2.02. The van der Waals surface area contributed by atoms with E-state index in [4.69, 9.17) is 0 Å². The minimum atomic E-state index is -0.764. The van der Waals surface area contributed by atoms with Gasteiger partial charge in [0, 0.05) is 23.5 Å². The molecular weight excluding hydrogens is 204 g/mol. The zero-order valence-electron chi connectivity index (χ0n) is 8.33. The average molecular weight is 212 g/mol. The first-order chi connectivity index (χ1) is 7.79. The number of nitrogens with zero attached hydrogens (tertiary/aromatic N) is 2. The second kappa shape index (κ2) is 3.13. The quantitative estimate of drug-likeness (QED) is 0.673. The molecule has 0 saturated heterocycles. The van der Waals surface area contributed by atoms with Gasteiger partial charge >= 0.3 is 0 Å². The Morgan fingerprint density at radius 1 is 1.06 bits per heavy atom. The van der Waals surface area contributed by atoms with Gasteiger partial charge in [-0.05, 0) is 0 Å². The van der Waals surface area contributed by atoms with Crippen molar-refractivity contribution in [2.75, 3.05) is 0 Å². The zero-order valence-corrected chi connectivity index (χ0v) is 8.33. The van der Waals surface area contributed by atoms with Crippen molar-refractivity contribution in [2.24, 2.45) is 0 Å². The second-order valence-electron chi connectivity index (χ2n) is 3.69. The Labute approximate surface area is 91.5 Å². The predicted molar refractivity (Wildman–Crippen MR) is 56.4 cm³/mol. The number of Topliss-reactive ketones (excluding diaryl/α,β-unsaturated/α-hetero) is 2. The highest BCUT2D eigenvalue weighted by atomic mass is 16.2. The van der Waals surface area contributed by atoms with E-state index < -0.39 is 6.04 Å². The van der Waals surface area contributed by atoms with E-state index in [-0.39, 0.29) is 11.6 Å². The van der Waals surface area contributed by atoms with Gasteiger partial charge in [-0.3, -0.25) is 9.59 Å². The molecule has 0 bridgehead atoms. The molecule has 0 unspecified atom stereocenters. The van der Waals surface area contributed by atoms with E-state index in [1.54, 1.807) is 41.2 Å². The summed E-state index contributed by atoms with van der Waals surface area (Å²) in [7, 11) is 0. The van der Waals surface area contributed by atoms with Gasteiger partial charge in [-0.2, -0.15) is 0 Å². The summed E-state index contributed by atoms with van der Waals surface area (Å²) in [6.45, 7) is 0. The third-order valence-electron chi connectivity index (χ3n) is 2.78. The van der Waals surface area contributed by atoms with Crippen LogP contribution in [0, 0.1) is 0 Å². The van der Waals surface area contributed by atoms with Crippen LogP contribution in [0.15, 0.2) is 43.0 Å². The van der Waals surface area contributed by atoms with Gasteiger partial charge in [0.25, 0.3) is 0 Å². The Hall–Kier alpha value is -2.23. The standard InChI is InChI=1S/C12H8N2O2/c15-11-8-3-1-2-4-9(8)12(16)10(11)14-6-5-13-7-14/h1-7,10H. The topological polar surface area (TPSA) is 52.0 Å². The molecule has 16 heavy (non-hydrogen) atoms. The monoisotopic (exact) mass is 212 g/mol. The normalized spacial score (nSPS) is 15.5. The molecule has 3 rings (SSSR count). The summed E-state index contributed by atoms with van der Waals surface area (Å²) in [5.74, 6) is -0.308.